The van der Waals surface area contributed by atoms with Crippen molar-refractivity contribution in [1.82, 2.24) is 14.8 Å². The number of carbonyl (C=O) groups is 1. The van der Waals surface area contributed by atoms with Crippen molar-refractivity contribution < 1.29 is 14.3 Å². The van der Waals surface area contributed by atoms with E-state index in [1.807, 2.05) is 0 Å². The van der Waals surface area contributed by atoms with Crippen molar-refractivity contribution in [3.63, 3.8) is 0 Å². The summed E-state index contributed by atoms with van der Waals surface area (Å²) in [5, 5.41) is 4.47. The van der Waals surface area contributed by atoms with Gasteiger partial charge in [-0.05, 0) is 0 Å². The molecule has 3 rings (SSSR count). The minimum atomic E-state index is -0.516. The van der Waals surface area contributed by atoms with Crippen LogP contribution in [0.2, 0.25) is 0 Å². The molecule has 10 nitrogen and oxygen atoms in total. The largest absolute Gasteiger partial charge is 0.493 e. The molecule has 134 valence electrons. The first-order valence-corrected chi connectivity index (χ1v) is 7.61. The quantitative estimate of drug-likeness (QED) is 0.743. The number of fused-ring (bicyclic) bond motifs is 1. The third-order valence-electron chi connectivity index (χ3n) is 4.24. The molecular formula is C15H19N5O5. The molecule has 0 atom stereocenters. The molecule has 0 spiro atoms. The molecule has 1 aliphatic rings. The number of anilines is 2. The lowest BCUT2D eigenvalue weighted by Gasteiger charge is -2.36. The first kappa shape index (κ1) is 16.7. The molecule has 10 heteroatoms. The molecule has 1 aliphatic heterocycles. The lowest BCUT2D eigenvalue weighted by Crippen LogP contribution is -2.46. The van der Waals surface area contributed by atoms with E-state index in [-0.39, 0.29) is 19.0 Å². The smallest absolute Gasteiger partial charge is 0.344 e. The van der Waals surface area contributed by atoms with E-state index in [2.05, 4.69) is 10.2 Å². The van der Waals surface area contributed by atoms with Crippen LogP contribution in [-0.2, 0) is 11.3 Å². The molecule has 1 aromatic carbocycles. The van der Waals surface area contributed by atoms with E-state index in [1.54, 1.807) is 29.0 Å². The molecule has 0 radical (unpaired) electrons. The maximum Gasteiger partial charge on any atom is 0.344 e. The van der Waals surface area contributed by atoms with Gasteiger partial charge in [0.05, 0.1) is 32.1 Å². The number of methoxy groups -OCH3 is 2. The van der Waals surface area contributed by atoms with Crippen LogP contribution >= 0.6 is 0 Å². The molecule has 2 N–H and O–H groups in total. The second-order valence-electron chi connectivity index (χ2n) is 5.58. The number of hydrogen-bond donors (Lipinski definition) is 2. The van der Waals surface area contributed by atoms with Gasteiger partial charge in [-0.2, -0.15) is 0 Å². The topological polar surface area (TPSA) is 113 Å². The van der Waals surface area contributed by atoms with Crippen LogP contribution in [0.4, 0.5) is 11.4 Å². The summed E-state index contributed by atoms with van der Waals surface area (Å²) < 4.78 is 11.7. The Bertz CT molecular complexity index is 884. The molecule has 0 fully saturated rings. The van der Waals surface area contributed by atoms with Crippen LogP contribution in [0.5, 0.6) is 11.5 Å². The first-order chi connectivity index (χ1) is 12.0. The van der Waals surface area contributed by atoms with Gasteiger partial charge in [0.25, 0.3) is 0 Å². The van der Waals surface area contributed by atoms with E-state index in [1.165, 1.54) is 14.2 Å². The zero-order valence-electron chi connectivity index (χ0n) is 14.2. The van der Waals surface area contributed by atoms with Gasteiger partial charge in [-0.15, -0.1) is 0 Å². The number of likely N-dealkylation sites (N-methyl/N-ethyl adjacent to an activating group) is 1. The number of hydrogen-bond acceptors (Lipinski definition) is 6. The molecule has 2 aromatic rings. The van der Waals surface area contributed by atoms with Gasteiger partial charge in [-0.1, -0.05) is 0 Å². The van der Waals surface area contributed by atoms with Crippen molar-refractivity contribution in [3.8, 4) is 11.5 Å². The van der Waals surface area contributed by atoms with Crippen molar-refractivity contribution in [1.29, 1.82) is 0 Å². The SMILES string of the molecule is COc1cc2c(cc1OC)N(C)C(=O)CN2CCn1c(=O)[nH][nH]c1=O. The van der Waals surface area contributed by atoms with Crippen LogP contribution in [0, 0.1) is 0 Å². The van der Waals surface area contributed by atoms with E-state index in [9.17, 15) is 14.4 Å². The van der Waals surface area contributed by atoms with Crippen LogP contribution in [0.1, 0.15) is 0 Å². The molecule has 25 heavy (non-hydrogen) atoms. The van der Waals surface area contributed by atoms with E-state index >= 15 is 0 Å². The molecular weight excluding hydrogens is 330 g/mol. The highest BCUT2D eigenvalue weighted by atomic mass is 16.5. The predicted molar refractivity (Wildman–Crippen MR) is 90.8 cm³/mol. The van der Waals surface area contributed by atoms with E-state index in [4.69, 9.17) is 9.47 Å². The van der Waals surface area contributed by atoms with Gasteiger partial charge in [-0.3, -0.25) is 4.79 Å². The van der Waals surface area contributed by atoms with Crippen LogP contribution in [0.15, 0.2) is 21.7 Å². The normalized spacial score (nSPS) is 13.8. The van der Waals surface area contributed by atoms with Crippen molar-refractivity contribution in [2.24, 2.45) is 0 Å². The van der Waals surface area contributed by atoms with Gasteiger partial charge in [0, 0.05) is 32.3 Å². The van der Waals surface area contributed by atoms with Crippen molar-refractivity contribution in [2.45, 2.75) is 6.54 Å². The molecule has 0 unspecified atom stereocenters. The average molecular weight is 349 g/mol. The fourth-order valence-corrected chi connectivity index (χ4v) is 2.83. The van der Waals surface area contributed by atoms with Crippen LogP contribution < -0.4 is 30.7 Å². The monoisotopic (exact) mass is 349 g/mol. The third-order valence-corrected chi connectivity index (χ3v) is 4.24. The summed E-state index contributed by atoms with van der Waals surface area (Å²) in [6, 6.07) is 3.51. The molecule has 2 heterocycles. The fraction of sp³-hybridized carbons (Fsp3) is 0.400. The lowest BCUT2D eigenvalue weighted by atomic mass is 10.1. The van der Waals surface area contributed by atoms with Crippen molar-refractivity contribution in [2.75, 3.05) is 44.2 Å². The summed E-state index contributed by atoms with van der Waals surface area (Å²) in [5.74, 6) is 0.946. The van der Waals surface area contributed by atoms with Gasteiger partial charge < -0.3 is 19.3 Å². The Kier molecular flexibility index (Phi) is 4.26. The number of nitrogens with one attached hydrogen (secondary N) is 2. The summed E-state index contributed by atoms with van der Waals surface area (Å²) in [5.41, 5.74) is 0.403. The minimum Gasteiger partial charge on any atom is -0.493 e. The van der Waals surface area contributed by atoms with Gasteiger partial charge in [0.1, 0.15) is 0 Å². The van der Waals surface area contributed by atoms with Crippen LogP contribution in [0.25, 0.3) is 0 Å². The number of H-pyrrole nitrogens is 2. The Balaban J connectivity index is 1.96. The maximum atomic E-state index is 12.3. The van der Waals surface area contributed by atoms with Gasteiger partial charge in [0.2, 0.25) is 5.91 Å². The molecule has 1 aromatic heterocycles. The predicted octanol–water partition coefficient (Wildman–Crippen LogP) is -0.635. The lowest BCUT2D eigenvalue weighted by molar-refractivity contribution is -0.117. The number of benzene rings is 1. The van der Waals surface area contributed by atoms with E-state index in [0.29, 0.717) is 23.7 Å². The second kappa shape index (κ2) is 6.38. The van der Waals surface area contributed by atoms with Crippen LogP contribution in [-0.4, -0.2) is 55.0 Å². The van der Waals surface area contributed by atoms with E-state index in [0.717, 1.165) is 10.3 Å². The Morgan fingerprint density at radius 2 is 1.52 bits per heavy atom. The Morgan fingerprint density at radius 3 is 2.08 bits per heavy atom. The Hall–Kier alpha value is -3.17. The van der Waals surface area contributed by atoms with Crippen molar-refractivity contribution in [3.05, 3.63) is 33.1 Å². The minimum absolute atomic E-state index is 0.102. The number of aromatic nitrogens is 3. The zero-order chi connectivity index (χ0) is 18.1. The number of aromatic amines is 2. The molecule has 0 aliphatic carbocycles. The third kappa shape index (κ3) is 2.86. The summed E-state index contributed by atoms with van der Waals surface area (Å²) in [4.78, 5) is 38.8. The highest BCUT2D eigenvalue weighted by Gasteiger charge is 2.28. The van der Waals surface area contributed by atoms with Gasteiger partial charge >= 0.3 is 11.4 Å². The number of rotatable bonds is 5. The fourth-order valence-electron chi connectivity index (χ4n) is 2.83. The first-order valence-electron chi connectivity index (χ1n) is 7.61. The Labute approximate surface area is 142 Å². The summed E-state index contributed by atoms with van der Waals surface area (Å²) in [7, 11) is 4.74. The van der Waals surface area contributed by atoms with Crippen molar-refractivity contribution >= 4 is 17.3 Å². The number of ether oxygens (including phenoxy) is 2. The molecule has 0 saturated carbocycles. The standard InChI is InChI=1S/C15H19N5O5/c1-18-9-6-11(24-2)12(25-3)7-10(9)19(8-13(18)21)4-5-20-14(22)16-17-15(20)23/h6-7H,4-5,8H2,1-3H3,(H,16,22)(H,17,23). The highest BCUT2D eigenvalue weighted by Crippen LogP contribution is 2.41. The molecule has 0 saturated heterocycles. The summed E-state index contributed by atoms with van der Waals surface area (Å²) >= 11 is 0. The van der Waals surface area contributed by atoms with Gasteiger partial charge in [0.15, 0.2) is 11.5 Å². The number of carbonyl (C=O) groups excluding carboxylic acids is 1. The number of nitrogens with zero attached hydrogens (tertiary/aromatic N) is 3. The van der Waals surface area contributed by atoms with Gasteiger partial charge in [-0.25, -0.2) is 24.4 Å². The zero-order valence-corrected chi connectivity index (χ0v) is 14.2. The number of amides is 1. The summed E-state index contributed by atoms with van der Waals surface area (Å²) in [6.45, 7) is 0.585. The van der Waals surface area contributed by atoms with Crippen LogP contribution in [0.3, 0.4) is 0 Å². The maximum absolute atomic E-state index is 12.3. The molecule has 0 bridgehead atoms. The van der Waals surface area contributed by atoms with E-state index < -0.39 is 11.4 Å². The second-order valence-corrected chi connectivity index (χ2v) is 5.58. The Morgan fingerprint density at radius 1 is 0.960 bits per heavy atom. The average Bonchev–Trinajstić information content (AvgIpc) is 2.93. The highest BCUT2D eigenvalue weighted by molar-refractivity contribution is 6.03. The summed E-state index contributed by atoms with van der Waals surface area (Å²) in [6.07, 6.45) is 0. The molecule has 1 amide bonds.